The molecule has 34 heavy (non-hydrogen) atoms. The summed E-state index contributed by atoms with van der Waals surface area (Å²) in [6, 6.07) is 4.97. The minimum absolute atomic E-state index is 0.137. The normalized spacial score (nSPS) is 14.6. The fraction of sp³-hybridized carbons (Fsp3) is 0.542. The molecule has 1 fully saturated rings. The fourth-order valence-corrected chi connectivity index (χ4v) is 3.23. The quantitative estimate of drug-likeness (QED) is 0.654. The number of nitrogens with one attached hydrogen (secondary N) is 1. The van der Waals surface area contributed by atoms with E-state index in [1.54, 1.807) is 64.6 Å². The van der Waals surface area contributed by atoms with Crippen LogP contribution in [0.2, 0.25) is 0 Å². The van der Waals surface area contributed by atoms with Crippen LogP contribution in [0.15, 0.2) is 27.4 Å². The van der Waals surface area contributed by atoms with Crippen LogP contribution in [0.25, 0.3) is 11.0 Å². The molecule has 186 valence electrons. The number of carbonyl (C=O) groups is 2. The van der Waals surface area contributed by atoms with Gasteiger partial charge in [-0.05, 0) is 59.2 Å². The summed E-state index contributed by atoms with van der Waals surface area (Å²) in [6.45, 7) is 12.4. The third-order valence-corrected chi connectivity index (χ3v) is 4.60. The second kappa shape index (κ2) is 9.92. The Morgan fingerprint density at radius 1 is 1.03 bits per heavy atom. The summed E-state index contributed by atoms with van der Waals surface area (Å²) < 4.78 is 27.2. The summed E-state index contributed by atoms with van der Waals surface area (Å²) in [5.74, 6) is -0.104. The lowest BCUT2D eigenvalue weighted by atomic mass is 10.1. The van der Waals surface area contributed by atoms with E-state index < -0.39 is 28.9 Å². The molecule has 1 aromatic heterocycles. The van der Waals surface area contributed by atoms with E-state index in [0.29, 0.717) is 37.4 Å². The molecule has 1 saturated heterocycles. The first-order valence-corrected chi connectivity index (χ1v) is 11.1. The van der Waals surface area contributed by atoms with Crippen molar-refractivity contribution in [3.8, 4) is 5.75 Å². The Balaban J connectivity index is 1.94. The third kappa shape index (κ3) is 6.86. The van der Waals surface area contributed by atoms with Gasteiger partial charge in [-0.3, -0.25) is 4.79 Å². The highest BCUT2D eigenvalue weighted by atomic mass is 16.7. The predicted molar refractivity (Wildman–Crippen MR) is 125 cm³/mol. The van der Waals surface area contributed by atoms with E-state index in [2.05, 4.69) is 5.32 Å². The molecule has 1 aliphatic rings. The van der Waals surface area contributed by atoms with E-state index in [1.807, 2.05) is 0 Å². The molecule has 0 aliphatic carbocycles. The van der Waals surface area contributed by atoms with Crippen LogP contribution in [0.4, 0.5) is 15.5 Å². The van der Waals surface area contributed by atoms with Crippen LogP contribution in [0.3, 0.4) is 0 Å². The molecule has 3 rings (SSSR count). The highest BCUT2D eigenvalue weighted by Gasteiger charge is 2.27. The lowest BCUT2D eigenvalue weighted by molar-refractivity contribution is 0.0200. The zero-order valence-electron chi connectivity index (χ0n) is 20.5. The number of rotatable bonds is 4. The maximum absolute atomic E-state index is 13.4. The molecule has 2 aromatic rings. The topological polar surface area (TPSA) is 117 Å². The summed E-state index contributed by atoms with van der Waals surface area (Å²) in [5.41, 5.74) is -0.976. The fourth-order valence-electron chi connectivity index (χ4n) is 3.23. The highest BCUT2D eigenvalue weighted by molar-refractivity contribution is 5.82. The maximum atomic E-state index is 13.4. The Kier molecular flexibility index (Phi) is 7.40. The summed E-state index contributed by atoms with van der Waals surface area (Å²) in [6.07, 6.45) is -1.58. The number of anilines is 1. The predicted octanol–water partition coefficient (Wildman–Crippen LogP) is 3.97. The molecule has 0 spiro atoms. The Labute approximate surface area is 198 Å². The molecule has 10 heteroatoms. The number of morpholine rings is 1. The molecule has 0 radical (unpaired) electrons. The average molecular weight is 477 g/mol. The van der Waals surface area contributed by atoms with Crippen molar-refractivity contribution < 1.29 is 33.0 Å². The van der Waals surface area contributed by atoms with E-state index in [0.717, 1.165) is 0 Å². The second-order valence-electron chi connectivity index (χ2n) is 9.92. The van der Waals surface area contributed by atoms with Crippen molar-refractivity contribution in [2.24, 2.45) is 0 Å². The van der Waals surface area contributed by atoms with Gasteiger partial charge in [0.1, 0.15) is 16.8 Å². The van der Waals surface area contributed by atoms with Crippen molar-refractivity contribution in [1.82, 2.24) is 5.32 Å². The molecule has 1 amide bonds. The van der Waals surface area contributed by atoms with Gasteiger partial charge in [0.2, 0.25) is 17.1 Å². The first-order chi connectivity index (χ1) is 15.8. The van der Waals surface area contributed by atoms with Crippen LogP contribution in [0.1, 0.15) is 47.1 Å². The minimum Gasteiger partial charge on any atom is -0.444 e. The summed E-state index contributed by atoms with van der Waals surface area (Å²) in [7, 11) is 0. The number of amides is 1. The Hall–Kier alpha value is -3.27. The largest absolute Gasteiger partial charge is 0.514 e. The van der Waals surface area contributed by atoms with Gasteiger partial charge in [-0.15, -0.1) is 0 Å². The van der Waals surface area contributed by atoms with E-state index >= 15 is 0 Å². The zero-order valence-corrected chi connectivity index (χ0v) is 20.5. The SMILES string of the molecule is CC(C)(C)OC(=O)NCc1ccc2oc(N3CCOCC3)c(OC(=O)OC(C)(C)C)c(=O)c2c1. The highest BCUT2D eigenvalue weighted by Crippen LogP contribution is 2.31. The number of hydrogen-bond acceptors (Lipinski definition) is 9. The monoisotopic (exact) mass is 476 g/mol. The van der Waals surface area contributed by atoms with Gasteiger partial charge in [-0.2, -0.15) is 0 Å². The van der Waals surface area contributed by atoms with Crippen LogP contribution in [0, 0.1) is 0 Å². The van der Waals surface area contributed by atoms with Crippen molar-refractivity contribution in [3.63, 3.8) is 0 Å². The molecular formula is C24H32N2O8. The van der Waals surface area contributed by atoms with Crippen molar-refractivity contribution in [2.75, 3.05) is 31.2 Å². The Morgan fingerprint density at radius 3 is 2.29 bits per heavy atom. The van der Waals surface area contributed by atoms with Crippen LogP contribution in [-0.4, -0.2) is 49.8 Å². The average Bonchev–Trinajstić information content (AvgIpc) is 2.72. The molecule has 1 N–H and O–H groups in total. The molecule has 0 saturated carbocycles. The van der Waals surface area contributed by atoms with E-state index in [4.69, 9.17) is 23.4 Å². The van der Waals surface area contributed by atoms with Crippen molar-refractivity contribution >= 4 is 29.1 Å². The number of ether oxygens (including phenoxy) is 4. The Morgan fingerprint density at radius 2 is 1.68 bits per heavy atom. The van der Waals surface area contributed by atoms with Gasteiger partial charge < -0.3 is 33.6 Å². The molecule has 1 aliphatic heterocycles. The van der Waals surface area contributed by atoms with E-state index in [9.17, 15) is 14.4 Å². The van der Waals surface area contributed by atoms with Gasteiger partial charge in [-0.25, -0.2) is 9.59 Å². The molecular weight excluding hydrogens is 444 g/mol. The van der Waals surface area contributed by atoms with Gasteiger partial charge in [0.05, 0.1) is 18.6 Å². The van der Waals surface area contributed by atoms with Crippen LogP contribution < -0.4 is 20.4 Å². The van der Waals surface area contributed by atoms with E-state index in [1.165, 1.54) is 0 Å². The second-order valence-corrected chi connectivity index (χ2v) is 9.92. The number of fused-ring (bicyclic) bond motifs is 1. The van der Waals surface area contributed by atoms with Crippen molar-refractivity contribution in [1.29, 1.82) is 0 Å². The standard InChI is InChI=1S/C24H32N2O8/c1-23(2,3)33-21(28)25-14-15-7-8-17-16(13-15)18(27)19(32-22(29)34-24(4,5)6)20(31-17)26-9-11-30-12-10-26/h7-8,13H,9-12,14H2,1-6H3,(H,25,28). The van der Waals surface area contributed by atoms with Crippen molar-refractivity contribution in [2.45, 2.75) is 59.3 Å². The summed E-state index contributed by atoms with van der Waals surface area (Å²) in [5, 5.41) is 2.86. The molecule has 2 heterocycles. The number of carbonyl (C=O) groups excluding carboxylic acids is 2. The number of benzene rings is 1. The summed E-state index contributed by atoms with van der Waals surface area (Å²) >= 11 is 0. The number of hydrogen-bond donors (Lipinski definition) is 1. The van der Waals surface area contributed by atoms with Gasteiger partial charge in [0.25, 0.3) is 0 Å². The smallest absolute Gasteiger partial charge is 0.444 e. The Bertz CT molecular complexity index is 1100. The molecule has 1 aromatic carbocycles. The van der Waals surface area contributed by atoms with Crippen LogP contribution >= 0.6 is 0 Å². The minimum atomic E-state index is -1.00. The van der Waals surface area contributed by atoms with Gasteiger partial charge >= 0.3 is 12.2 Å². The van der Waals surface area contributed by atoms with Crippen LogP contribution in [0.5, 0.6) is 5.75 Å². The molecule has 0 bridgehead atoms. The number of nitrogens with zero attached hydrogens (tertiary/aromatic N) is 1. The first-order valence-electron chi connectivity index (χ1n) is 11.1. The van der Waals surface area contributed by atoms with Gasteiger partial charge in [0.15, 0.2) is 0 Å². The lowest BCUT2D eigenvalue weighted by Gasteiger charge is -2.28. The summed E-state index contributed by atoms with van der Waals surface area (Å²) in [4.78, 5) is 39.6. The zero-order chi connectivity index (χ0) is 25.1. The molecule has 10 nitrogen and oxygen atoms in total. The van der Waals surface area contributed by atoms with Crippen LogP contribution in [-0.2, 0) is 20.8 Å². The lowest BCUT2D eigenvalue weighted by Crippen LogP contribution is -2.37. The molecule has 0 unspecified atom stereocenters. The number of alkyl carbamates (subject to hydrolysis) is 1. The first kappa shape index (κ1) is 25.4. The molecule has 0 atom stereocenters. The van der Waals surface area contributed by atoms with E-state index in [-0.39, 0.29) is 23.6 Å². The van der Waals surface area contributed by atoms with Gasteiger partial charge in [0, 0.05) is 19.6 Å². The van der Waals surface area contributed by atoms with Crippen molar-refractivity contribution in [3.05, 3.63) is 34.0 Å². The van der Waals surface area contributed by atoms with Gasteiger partial charge in [-0.1, -0.05) is 6.07 Å². The third-order valence-electron chi connectivity index (χ3n) is 4.60. The maximum Gasteiger partial charge on any atom is 0.514 e.